The number of sulfone groups is 1. The lowest BCUT2D eigenvalue weighted by Gasteiger charge is -2.20. The number of nitrogens with one attached hydrogen (secondary N) is 1. The van der Waals surface area contributed by atoms with Crippen molar-refractivity contribution < 1.29 is 17.2 Å². The zero-order chi connectivity index (χ0) is 16.0. The van der Waals surface area contributed by atoms with E-state index in [1.807, 2.05) is 6.92 Å². The Bertz CT molecular complexity index is 579. The molecule has 0 aliphatic heterocycles. The van der Waals surface area contributed by atoms with Crippen molar-refractivity contribution in [2.75, 3.05) is 18.6 Å². The molecule has 0 aromatic heterocycles. The van der Waals surface area contributed by atoms with E-state index in [4.69, 9.17) is 0 Å². The van der Waals surface area contributed by atoms with Gasteiger partial charge in [-0.15, -0.1) is 0 Å². The summed E-state index contributed by atoms with van der Waals surface area (Å²) in [5, 5.41) is 3.25. The molecule has 21 heavy (non-hydrogen) atoms. The normalized spacial score (nSPS) is 13.4. The summed E-state index contributed by atoms with van der Waals surface area (Å²) in [5.41, 5.74) is 0.607. The standard InChI is InChI=1S/C14H20BrF2NO2S/c1-3-8-18-12(5-4-9-21(2,19)20)10-6-7-11(16)14(17)13(10)15/h6-7,12,18H,3-5,8-9H2,1-2H3. The summed E-state index contributed by atoms with van der Waals surface area (Å²) >= 11 is 3.08. The fraction of sp³-hybridized carbons (Fsp3) is 0.571. The van der Waals surface area contributed by atoms with Crippen molar-refractivity contribution in [3.63, 3.8) is 0 Å². The van der Waals surface area contributed by atoms with Gasteiger partial charge < -0.3 is 5.32 Å². The summed E-state index contributed by atoms with van der Waals surface area (Å²) in [6, 6.07) is 2.40. The lowest BCUT2D eigenvalue weighted by molar-refractivity contribution is 0.472. The van der Waals surface area contributed by atoms with Crippen molar-refractivity contribution in [2.45, 2.75) is 32.2 Å². The van der Waals surface area contributed by atoms with Crippen LogP contribution in [0.1, 0.15) is 37.8 Å². The van der Waals surface area contributed by atoms with Crippen LogP contribution >= 0.6 is 15.9 Å². The van der Waals surface area contributed by atoms with Gasteiger partial charge in [-0.1, -0.05) is 13.0 Å². The van der Waals surface area contributed by atoms with Gasteiger partial charge in [-0.25, -0.2) is 17.2 Å². The highest BCUT2D eigenvalue weighted by Crippen LogP contribution is 2.30. The lowest BCUT2D eigenvalue weighted by atomic mass is 10.0. The third kappa shape index (κ3) is 6.00. The zero-order valence-electron chi connectivity index (χ0n) is 12.1. The van der Waals surface area contributed by atoms with Crippen LogP contribution in [0.5, 0.6) is 0 Å². The topological polar surface area (TPSA) is 46.2 Å². The monoisotopic (exact) mass is 383 g/mol. The van der Waals surface area contributed by atoms with E-state index < -0.39 is 21.5 Å². The molecule has 120 valence electrons. The van der Waals surface area contributed by atoms with Crippen molar-refractivity contribution in [3.8, 4) is 0 Å². The van der Waals surface area contributed by atoms with Gasteiger partial charge in [-0.05, 0) is 53.4 Å². The number of hydrogen-bond donors (Lipinski definition) is 1. The Morgan fingerprint density at radius 1 is 1.33 bits per heavy atom. The highest BCUT2D eigenvalue weighted by Gasteiger charge is 2.19. The second-order valence-electron chi connectivity index (χ2n) is 5.04. The van der Waals surface area contributed by atoms with Gasteiger partial charge in [0.25, 0.3) is 0 Å². The van der Waals surface area contributed by atoms with Crippen LogP contribution in [-0.4, -0.2) is 27.0 Å². The van der Waals surface area contributed by atoms with E-state index in [2.05, 4.69) is 21.2 Å². The van der Waals surface area contributed by atoms with E-state index in [0.717, 1.165) is 19.0 Å². The van der Waals surface area contributed by atoms with Crippen molar-refractivity contribution >= 4 is 25.8 Å². The fourth-order valence-electron chi connectivity index (χ4n) is 2.05. The molecule has 1 atom stereocenters. The highest BCUT2D eigenvalue weighted by atomic mass is 79.9. The van der Waals surface area contributed by atoms with Crippen LogP contribution in [0.2, 0.25) is 0 Å². The molecule has 0 fully saturated rings. The highest BCUT2D eigenvalue weighted by molar-refractivity contribution is 9.10. The third-order valence-electron chi connectivity index (χ3n) is 3.09. The minimum absolute atomic E-state index is 0.0819. The first-order chi connectivity index (χ1) is 9.76. The molecule has 0 bridgehead atoms. The molecule has 0 aliphatic rings. The predicted molar refractivity (Wildman–Crippen MR) is 84.0 cm³/mol. The Morgan fingerprint density at radius 2 is 2.00 bits per heavy atom. The summed E-state index contributed by atoms with van der Waals surface area (Å²) in [6.07, 6.45) is 3.08. The van der Waals surface area contributed by atoms with E-state index >= 15 is 0 Å². The van der Waals surface area contributed by atoms with Gasteiger partial charge >= 0.3 is 0 Å². The van der Waals surface area contributed by atoms with Crippen molar-refractivity contribution in [3.05, 3.63) is 33.8 Å². The first-order valence-corrected chi connectivity index (χ1v) is 9.66. The second-order valence-corrected chi connectivity index (χ2v) is 8.10. The van der Waals surface area contributed by atoms with Crippen LogP contribution in [0.3, 0.4) is 0 Å². The van der Waals surface area contributed by atoms with Gasteiger partial charge in [0, 0.05) is 18.1 Å². The maximum atomic E-state index is 13.6. The van der Waals surface area contributed by atoms with Crippen LogP contribution < -0.4 is 5.32 Å². The molecule has 0 heterocycles. The van der Waals surface area contributed by atoms with Crippen LogP contribution in [0.4, 0.5) is 8.78 Å². The molecule has 1 rings (SSSR count). The van der Waals surface area contributed by atoms with Crippen LogP contribution in [0, 0.1) is 11.6 Å². The Hall–Kier alpha value is -0.530. The number of halogens is 3. The summed E-state index contributed by atoms with van der Waals surface area (Å²) in [7, 11) is -3.02. The second kappa shape index (κ2) is 8.19. The van der Waals surface area contributed by atoms with Crippen molar-refractivity contribution in [2.24, 2.45) is 0 Å². The maximum Gasteiger partial charge on any atom is 0.173 e. The summed E-state index contributed by atoms with van der Waals surface area (Å²) in [6.45, 7) is 2.72. The summed E-state index contributed by atoms with van der Waals surface area (Å²) in [5.74, 6) is -1.74. The molecule has 0 radical (unpaired) electrons. The third-order valence-corrected chi connectivity index (χ3v) is 4.93. The molecule has 1 aromatic carbocycles. The van der Waals surface area contributed by atoms with Gasteiger partial charge in [0.15, 0.2) is 11.6 Å². The van der Waals surface area contributed by atoms with E-state index in [1.54, 1.807) is 0 Å². The first kappa shape index (κ1) is 18.5. The Kier molecular flexibility index (Phi) is 7.23. The molecule has 1 unspecified atom stereocenters. The van der Waals surface area contributed by atoms with Gasteiger partial charge in [-0.3, -0.25) is 0 Å². The van der Waals surface area contributed by atoms with Gasteiger partial charge in [0.1, 0.15) is 9.84 Å². The molecule has 0 aliphatic carbocycles. The smallest absolute Gasteiger partial charge is 0.173 e. The lowest BCUT2D eigenvalue weighted by Crippen LogP contribution is -2.23. The Labute approximate surface area is 133 Å². The average molecular weight is 384 g/mol. The van der Waals surface area contributed by atoms with Gasteiger partial charge in [-0.2, -0.15) is 0 Å². The molecule has 1 aromatic rings. The first-order valence-electron chi connectivity index (χ1n) is 6.80. The number of rotatable bonds is 8. The summed E-state index contributed by atoms with van der Waals surface area (Å²) in [4.78, 5) is 0. The molecule has 1 N–H and O–H groups in total. The summed E-state index contributed by atoms with van der Waals surface area (Å²) < 4.78 is 49.3. The molecule has 7 heteroatoms. The molecule has 0 saturated heterocycles. The SMILES string of the molecule is CCCNC(CCCS(C)(=O)=O)c1ccc(F)c(F)c1Br. The van der Waals surface area contributed by atoms with Crippen molar-refractivity contribution in [1.82, 2.24) is 5.32 Å². The Morgan fingerprint density at radius 3 is 2.57 bits per heavy atom. The van der Waals surface area contributed by atoms with E-state index in [9.17, 15) is 17.2 Å². The quantitative estimate of drug-likeness (QED) is 0.697. The minimum Gasteiger partial charge on any atom is -0.310 e. The van der Waals surface area contributed by atoms with E-state index in [0.29, 0.717) is 18.4 Å². The molecule has 0 amide bonds. The zero-order valence-corrected chi connectivity index (χ0v) is 14.5. The van der Waals surface area contributed by atoms with Gasteiger partial charge in [0.05, 0.1) is 4.47 Å². The van der Waals surface area contributed by atoms with E-state index in [1.165, 1.54) is 12.3 Å². The maximum absolute atomic E-state index is 13.6. The van der Waals surface area contributed by atoms with Crippen molar-refractivity contribution in [1.29, 1.82) is 0 Å². The molecular weight excluding hydrogens is 364 g/mol. The largest absolute Gasteiger partial charge is 0.310 e. The molecule has 3 nitrogen and oxygen atoms in total. The Balaban J connectivity index is 2.89. The average Bonchev–Trinajstić information content (AvgIpc) is 2.39. The van der Waals surface area contributed by atoms with Crippen LogP contribution in [0.15, 0.2) is 16.6 Å². The van der Waals surface area contributed by atoms with Gasteiger partial charge in [0.2, 0.25) is 0 Å². The van der Waals surface area contributed by atoms with Crippen LogP contribution in [0.25, 0.3) is 0 Å². The number of hydrogen-bond acceptors (Lipinski definition) is 3. The fourth-order valence-corrected chi connectivity index (χ4v) is 3.33. The molecular formula is C14H20BrF2NO2S. The molecule has 0 saturated carbocycles. The minimum atomic E-state index is -3.02. The predicted octanol–water partition coefficient (Wildman–Crippen LogP) is 3.59. The van der Waals surface area contributed by atoms with E-state index in [-0.39, 0.29) is 16.3 Å². The molecule has 0 spiro atoms. The number of benzene rings is 1. The van der Waals surface area contributed by atoms with Crippen LogP contribution in [-0.2, 0) is 9.84 Å².